The third-order valence-corrected chi connectivity index (χ3v) is 2.80. The number of hydrogen-bond donors (Lipinski definition) is 2. The Morgan fingerprint density at radius 1 is 1.67 bits per heavy atom. The maximum atomic E-state index is 6.11. The van der Waals surface area contributed by atoms with Gasteiger partial charge < -0.3 is 4.74 Å². The van der Waals surface area contributed by atoms with Gasteiger partial charge in [0.25, 0.3) is 0 Å². The maximum Gasteiger partial charge on any atom is 0.130 e. The molecule has 0 spiro atoms. The zero-order valence-corrected chi connectivity index (χ0v) is 10.0. The minimum absolute atomic E-state index is 0.0513. The first-order valence-corrected chi connectivity index (χ1v) is 5.11. The van der Waals surface area contributed by atoms with E-state index in [-0.39, 0.29) is 6.04 Å². The molecule has 0 aliphatic carbocycles. The fourth-order valence-electron chi connectivity index (χ4n) is 1.52. The van der Waals surface area contributed by atoms with Gasteiger partial charge in [0.1, 0.15) is 5.15 Å². The van der Waals surface area contributed by atoms with Crippen molar-refractivity contribution in [2.45, 2.75) is 19.4 Å². The Kier molecular flexibility index (Phi) is 4.53. The SMILES string of the molecule is COCC(Cc1c(C)nn(C)c1Cl)NN. The topological polar surface area (TPSA) is 65.1 Å². The van der Waals surface area contributed by atoms with E-state index >= 15 is 0 Å². The Morgan fingerprint density at radius 3 is 2.73 bits per heavy atom. The van der Waals surface area contributed by atoms with Crippen LogP contribution in [0.3, 0.4) is 0 Å². The van der Waals surface area contributed by atoms with E-state index in [0.29, 0.717) is 18.2 Å². The van der Waals surface area contributed by atoms with Gasteiger partial charge in [-0.05, 0) is 13.3 Å². The highest BCUT2D eigenvalue weighted by Gasteiger charge is 2.16. The number of hydrogen-bond acceptors (Lipinski definition) is 4. The summed E-state index contributed by atoms with van der Waals surface area (Å²) in [6, 6.07) is 0.0513. The van der Waals surface area contributed by atoms with Gasteiger partial charge in [-0.25, -0.2) is 0 Å². The van der Waals surface area contributed by atoms with Crippen molar-refractivity contribution in [2.24, 2.45) is 12.9 Å². The van der Waals surface area contributed by atoms with E-state index in [1.165, 1.54) is 0 Å². The molecule has 1 heterocycles. The van der Waals surface area contributed by atoms with Crippen molar-refractivity contribution in [3.8, 4) is 0 Å². The average molecular weight is 233 g/mol. The number of nitrogens with one attached hydrogen (secondary N) is 1. The Balaban J connectivity index is 2.78. The monoisotopic (exact) mass is 232 g/mol. The number of ether oxygens (including phenoxy) is 1. The zero-order chi connectivity index (χ0) is 11.4. The summed E-state index contributed by atoms with van der Waals surface area (Å²) in [5.74, 6) is 5.41. The zero-order valence-electron chi connectivity index (χ0n) is 9.25. The fraction of sp³-hybridized carbons (Fsp3) is 0.667. The van der Waals surface area contributed by atoms with E-state index in [9.17, 15) is 0 Å². The molecule has 0 aromatic carbocycles. The second-order valence-corrected chi connectivity index (χ2v) is 3.86. The molecule has 0 saturated carbocycles. The second-order valence-electron chi connectivity index (χ2n) is 3.50. The van der Waals surface area contributed by atoms with Crippen LogP contribution in [0, 0.1) is 6.92 Å². The largest absolute Gasteiger partial charge is 0.383 e. The van der Waals surface area contributed by atoms with E-state index in [2.05, 4.69) is 10.5 Å². The summed E-state index contributed by atoms with van der Waals surface area (Å²) in [4.78, 5) is 0. The second kappa shape index (κ2) is 5.46. The van der Waals surface area contributed by atoms with Crippen molar-refractivity contribution in [3.63, 3.8) is 0 Å². The third kappa shape index (κ3) is 2.92. The Hall–Kier alpha value is -0.620. The number of aryl methyl sites for hydroxylation is 2. The van der Waals surface area contributed by atoms with Crippen molar-refractivity contribution in [3.05, 3.63) is 16.4 Å². The number of aromatic nitrogens is 2. The summed E-state index contributed by atoms with van der Waals surface area (Å²) in [5, 5.41) is 4.89. The smallest absolute Gasteiger partial charge is 0.130 e. The van der Waals surface area contributed by atoms with Crippen molar-refractivity contribution < 1.29 is 4.74 Å². The molecule has 0 amide bonds. The highest BCUT2D eigenvalue weighted by atomic mass is 35.5. The highest BCUT2D eigenvalue weighted by molar-refractivity contribution is 6.30. The van der Waals surface area contributed by atoms with Crippen LogP contribution in [0.15, 0.2) is 0 Å². The lowest BCUT2D eigenvalue weighted by Gasteiger charge is -2.14. The predicted molar refractivity (Wildman–Crippen MR) is 59.6 cm³/mol. The first-order valence-electron chi connectivity index (χ1n) is 4.73. The van der Waals surface area contributed by atoms with Gasteiger partial charge >= 0.3 is 0 Å². The average Bonchev–Trinajstić information content (AvgIpc) is 2.44. The van der Waals surface area contributed by atoms with Gasteiger partial charge in [-0.1, -0.05) is 11.6 Å². The molecule has 0 aliphatic heterocycles. The van der Waals surface area contributed by atoms with Gasteiger partial charge in [0.2, 0.25) is 0 Å². The van der Waals surface area contributed by atoms with Crippen molar-refractivity contribution >= 4 is 11.6 Å². The van der Waals surface area contributed by atoms with Gasteiger partial charge in [0.05, 0.1) is 12.3 Å². The lowest BCUT2D eigenvalue weighted by atomic mass is 10.1. The molecular weight excluding hydrogens is 216 g/mol. The summed E-state index contributed by atoms with van der Waals surface area (Å²) in [5.41, 5.74) is 4.64. The summed E-state index contributed by atoms with van der Waals surface area (Å²) >= 11 is 6.11. The standard InChI is InChI=1S/C9H17ClN4O/c1-6-8(9(10)14(2)13-6)4-7(12-11)5-15-3/h7,12H,4-5,11H2,1-3H3. The van der Waals surface area contributed by atoms with Crippen molar-refractivity contribution in [2.75, 3.05) is 13.7 Å². The molecular formula is C9H17ClN4O. The van der Waals surface area contributed by atoms with E-state index in [1.54, 1.807) is 11.8 Å². The van der Waals surface area contributed by atoms with Crippen LogP contribution in [0.4, 0.5) is 0 Å². The maximum absolute atomic E-state index is 6.11. The molecule has 1 unspecified atom stereocenters. The van der Waals surface area contributed by atoms with E-state index < -0.39 is 0 Å². The molecule has 5 nitrogen and oxygen atoms in total. The molecule has 0 aliphatic rings. The molecule has 86 valence electrons. The van der Waals surface area contributed by atoms with Crippen LogP contribution in [0.5, 0.6) is 0 Å². The predicted octanol–water partition coefficient (Wildman–Crippen LogP) is 0.403. The van der Waals surface area contributed by atoms with Gasteiger partial charge in [0.15, 0.2) is 0 Å². The van der Waals surface area contributed by atoms with Crippen LogP contribution >= 0.6 is 11.6 Å². The van der Waals surface area contributed by atoms with E-state index in [0.717, 1.165) is 11.3 Å². The molecule has 1 atom stereocenters. The molecule has 0 fully saturated rings. The fourth-order valence-corrected chi connectivity index (χ4v) is 1.77. The summed E-state index contributed by atoms with van der Waals surface area (Å²) < 4.78 is 6.70. The van der Waals surface area contributed by atoms with Gasteiger partial charge in [-0.15, -0.1) is 0 Å². The molecule has 15 heavy (non-hydrogen) atoms. The minimum atomic E-state index is 0.0513. The van der Waals surface area contributed by atoms with Gasteiger partial charge in [-0.2, -0.15) is 5.10 Å². The Labute approximate surface area is 94.5 Å². The number of rotatable bonds is 5. The molecule has 0 radical (unpaired) electrons. The molecule has 0 saturated heterocycles. The van der Waals surface area contributed by atoms with Crippen LogP contribution < -0.4 is 11.3 Å². The number of hydrazine groups is 1. The number of halogens is 1. The molecule has 1 aromatic heterocycles. The Morgan fingerprint density at radius 2 is 2.33 bits per heavy atom. The quantitative estimate of drug-likeness (QED) is 0.570. The highest BCUT2D eigenvalue weighted by Crippen LogP contribution is 2.20. The number of methoxy groups -OCH3 is 1. The molecule has 0 bridgehead atoms. The summed E-state index contributed by atoms with van der Waals surface area (Å²) in [6.45, 7) is 2.47. The van der Waals surface area contributed by atoms with Gasteiger partial charge in [0, 0.05) is 25.8 Å². The first kappa shape index (κ1) is 12.4. The normalized spacial score (nSPS) is 13.1. The lowest BCUT2D eigenvalue weighted by molar-refractivity contribution is 0.166. The number of nitrogens with zero attached hydrogens (tertiary/aromatic N) is 2. The summed E-state index contributed by atoms with van der Waals surface area (Å²) in [7, 11) is 3.46. The molecule has 1 rings (SSSR count). The van der Waals surface area contributed by atoms with E-state index in [1.807, 2.05) is 14.0 Å². The molecule has 1 aromatic rings. The number of nitrogens with two attached hydrogens (primary N) is 1. The molecule has 3 N–H and O–H groups in total. The van der Waals surface area contributed by atoms with Crippen LogP contribution in [-0.2, 0) is 18.2 Å². The van der Waals surface area contributed by atoms with Crippen molar-refractivity contribution in [1.29, 1.82) is 0 Å². The summed E-state index contributed by atoms with van der Waals surface area (Å²) in [6.07, 6.45) is 0.711. The van der Waals surface area contributed by atoms with Crippen LogP contribution in [0.2, 0.25) is 5.15 Å². The Bertz CT molecular complexity index is 326. The molecule has 6 heteroatoms. The first-order chi connectivity index (χ1) is 7.10. The van der Waals surface area contributed by atoms with Crippen LogP contribution in [0.25, 0.3) is 0 Å². The van der Waals surface area contributed by atoms with Crippen molar-refractivity contribution in [1.82, 2.24) is 15.2 Å². The van der Waals surface area contributed by atoms with Crippen LogP contribution in [0.1, 0.15) is 11.3 Å². The van der Waals surface area contributed by atoms with Crippen LogP contribution in [-0.4, -0.2) is 29.5 Å². The van der Waals surface area contributed by atoms with Gasteiger partial charge in [-0.3, -0.25) is 16.0 Å². The lowest BCUT2D eigenvalue weighted by Crippen LogP contribution is -2.40. The third-order valence-electron chi connectivity index (χ3n) is 2.32. The van der Waals surface area contributed by atoms with E-state index in [4.69, 9.17) is 22.2 Å². The minimum Gasteiger partial charge on any atom is -0.383 e.